The zero-order chi connectivity index (χ0) is 15.6. The summed E-state index contributed by atoms with van der Waals surface area (Å²) in [6, 6.07) is 2.32. The average Bonchev–Trinajstić information content (AvgIpc) is 2.87. The quantitative estimate of drug-likeness (QED) is 0.836. The van der Waals surface area contributed by atoms with Crippen LogP contribution in [0.25, 0.3) is 0 Å². The molecule has 2 atom stereocenters. The van der Waals surface area contributed by atoms with E-state index in [-0.39, 0.29) is 5.54 Å². The van der Waals surface area contributed by atoms with E-state index in [0.29, 0.717) is 24.2 Å². The van der Waals surface area contributed by atoms with Crippen LogP contribution in [0.1, 0.15) is 58.2 Å². The molecule has 2 rings (SSSR count). The Morgan fingerprint density at radius 1 is 1.52 bits per heavy atom. The third-order valence-corrected chi connectivity index (χ3v) is 4.88. The predicted molar refractivity (Wildman–Crippen MR) is 85.4 cm³/mol. The fraction of sp³-hybridized carbons (Fsp3) is 0.765. The molecule has 1 heterocycles. The van der Waals surface area contributed by atoms with E-state index in [1.165, 1.54) is 6.42 Å². The smallest absolute Gasteiger partial charge is 0.159 e. The molecule has 1 aliphatic rings. The Balaban J connectivity index is 2.15. The Morgan fingerprint density at radius 3 is 2.76 bits per heavy atom. The summed E-state index contributed by atoms with van der Waals surface area (Å²) in [5, 5.41) is 4.53. The molecule has 0 radical (unpaired) electrons. The third-order valence-electron chi connectivity index (χ3n) is 4.88. The minimum atomic E-state index is -0.292. The lowest BCUT2D eigenvalue weighted by Crippen LogP contribution is -2.54. The second-order valence-electron chi connectivity index (χ2n) is 7.11. The SMILES string of the molecule is CC1CCCC(C(=O)Cc2ccn(C(C)C)n2)(N(C)C)C1. The fourth-order valence-corrected chi connectivity index (χ4v) is 3.52. The number of hydrogen-bond donors (Lipinski definition) is 0. The number of rotatable bonds is 5. The summed E-state index contributed by atoms with van der Waals surface area (Å²) >= 11 is 0. The van der Waals surface area contributed by atoms with Crippen molar-refractivity contribution in [3.05, 3.63) is 18.0 Å². The molecular formula is C17H29N3O. The Morgan fingerprint density at radius 2 is 2.24 bits per heavy atom. The Hall–Kier alpha value is -1.16. The maximum atomic E-state index is 13.0. The number of carbonyl (C=O) groups is 1. The first-order valence-electron chi connectivity index (χ1n) is 8.10. The van der Waals surface area contributed by atoms with Crippen molar-refractivity contribution in [2.75, 3.05) is 14.1 Å². The van der Waals surface area contributed by atoms with Crippen molar-refractivity contribution in [3.63, 3.8) is 0 Å². The van der Waals surface area contributed by atoms with Crippen LogP contribution in [-0.4, -0.2) is 40.1 Å². The molecule has 0 saturated heterocycles. The highest BCUT2D eigenvalue weighted by molar-refractivity contribution is 5.90. The van der Waals surface area contributed by atoms with Crippen LogP contribution in [0.15, 0.2) is 12.3 Å². The van der Waals surface area contributed by atoms with Crippen molar-refractivity contribution in [3.8, 4) is 0 Å². The molecule has 21 heavy (non-hydrogen) atoms. The van der Waals surface area contributed by atoms with Gasteiger partial charge in [-0.1, -0.05) is 19.8 Å². The van der Waals surface area contributed by atoms with Crippen LogP contribution in [0.2, 0.25) is 0 Å². The molecule has 0 spiro atoms. The molecule has 2 unspecified atom stereocenters. The summed E-state index contributed by atoms with van der Waals surface area (Å²) in [6.45, 7) is 6.46. The molecule has 1 aromatic rings. The van der Waals surface area contributed by atoms with Gasteiger partial charge in [-0.2, -0.15) is 5.10 Å². The first-order valence-corrected chi connectivity index (χ1v) is 8.10. The van der Waals surface area contributed by atoms with Crippen LogP contribution in [0.3, 0.4) is 0 Å². The molecule has 0 bridgehead atoms. The van der Waals surface area contributed by atoms with Crippen molar-refractivity contribution in [1.82, 2.24) is 14.7 Å². The van der Waals surface area contributed by atoms with Crippen LogP contribution >= 0.6 is 0 Å². The Kier molecular flexibility index (Phi) is 4.87. The molecule has 1 aromatic heterocycles. The summed E-state index contributed by atoms with van der Waals surface area (Å²) in [5.41, 5.74) is 0.604. The number of carbonyl (C=O) groups excluding carboxylic acids is 1. The average molecular weight is 291 g/mol. The molecule has 1 saturated carbocycles. The molecule has 118 valence electrons. The largest absolute Gasteiger partial charge is 0.297 e. The number of nitrogens with zero attached hydrogens (tertiary/aromatic N) is 3. The number of ketones is 1. The molecule has 1 aliphatic carbocycles. The van der Waals surface area contributed by atoms with Gasteiger partial charge >= 0.3 is 0 Å². The molecule has 0 aromatic carbocycles. The van der Waals surface area contributed by atoms with Gasteiger partial charge in [0.2, 0.25) is 0 Å². The lowest BCUT2D eigenvalue weighted by molar-refractivity contribution is -0.132. The van der Waals surface area contributed by atoms with Gasteiger partial charge in [0.1, 0.15) is 0 Å². The molecule has 4 nitrogen and oxygen atoms in total. The van der Waals surface area contributed by atoms with E-state index in [1.807, 2.05) is 31.0 Å². The van der Waals surface area contributed by atoms with E-state index in [2.05, 4.69) is 30.8 Å². The fourth-order valence-electron chi connectivity index (χ4n) is 3.52. The van der Waals surface area contributed by atoms with Gasteiger partial charge in [-0.05, 0) is 52.8 Å². The Labute approximate surface area is 128 Å². The second-order valence-corrected chi connectivity index (χ2v) is 7.11. The van der Waals surface area contributed by atoms with Gasteiger partial charge < -0.3 is 0 Å². The molecular weight excluding hydrogens is 262 g/mol. The van der Waals surface area contributed by atoms with Crippen LogP contribution in [0.4, 0.5) is 0 Å². The zero-order valence-corrected chi connectivity index (χ0v) is 14.1. The highest BCUT2D eigenvalue weighted by atomic mass is 16.1. The second kappa shape index (κ2) is 6.30. The maximum Gasteiger partial charge on any atom is 0.159 e. The van der Waals surface area contributed by atoms with Crippen LogP contribution < -0.4 is 0 Å². The summed E-state index contributed by atoms with van der Waals surface area (Å²) in [6.07, 6.45) is 6.76. The number of hydrogen-bond acceptors (Lipinski definition) is 3. The van der Waals surface area contributed by atoms with Gasteiger partial charge in [-0.25, -0.2) is 0 Å². The monoisotopic (exact) mass is 291 g/mol. The lowest BCUT2D eigenvalue weighted by atomic mass is 9.72. The molecule has 4 heteroatoms. The van der Waals surface area contributed by atoms with E-state index in [9.17, 15) is 4.79 Å². The lowest BCUT2D eigenvalue weighted by Gasteiger charge is -2.43. The summed E-state index contributed by atoms with van der Waals surface area (Å²) < 4.78 is 1.93. The van der Waals surface area contributed by atoms with Gasteiger partial charge in [0.15, 0.2) is 5.78 Å². The van der Waals surface area contributed by atoms with Crippen LogP contribution in [0, 0.1) is 5.92 Å². The van der Waals surface area contributed by atoms with E-state index in [0.717, 1.165) is 25.0 Å². The van der Waals surface area contributed by atoms with Gasteiger partial charge in [-0.15, -0.1) is 0 Å². The number of Topliss-reactive ketones (excluding diaryl/α,β-unsaturated/α-hetero) is 1. The molecule has 0 amide bonds. The van der Waals surface area contributed by atoms with Gasteiger partial charge in [0.05, 0.1) is 17.7 Å². The molecule has 0 aliphatic heterocycles. The minimum Gasteiger partial charge on any atom is -0.297 e. The highest BCUT2D eigenvalue weighted by Crippen LogP contribution is 2.37. The predicted octanol–water partition coefficient (Wildman–Crippen LogP) is 3.09. The van der Waals surface area contributed by atoms with Crippen LogP contribution in [0.5, 0.6) is 0 Å². The topological polar surface area (TPSA) is 38.1 Å². The van der Waals surface area contributed by atoms with E-state index < -0.39 is 0 Å². The normalized spacial score (nSPS) is 26.5. The van der Waals surface area contributed by atoms with Gasteiger partial charge in [-0.3, -0.25) is 14.4 Å². The molecule has 1 fully saturated rings. The van der Waals surface area contributed by atoms with Crippen molar-refractivity contribution in [2.45, 2.75) is 64.5 Å². The number of aromatic nitrogens is 2. The highest BCUT2D eigenvalue weighted by Gasteiger charge is 2.43. The van der Waals surface area contributed by atoms with Crippen molar-refractivity contribution in [1.29, 1.82) is 0 Å². The minimum absolute atomic E-state index is 0.292. The van der Waals surface area contributed by atoms with E-state index in [1.54, 1.807) is 0 Å². The third kappa shape index (κ3) is 3.37. The Bertz CT molecular complexity index is 492. The summed E-state index contributed by atoms with van der Waals surface area (Å²) in [7, 11) is 4.09. The van der Waals surface area contributed by atoms with Crippen molar-refractivity contribution in [2.24, 2.45) is 5.92 Å². The first-order chi connectivity index (χ1) is 9.85. The van der Waals surface area contributed by atoms with Gasteiger partial charge in [0.25, 0.3) is 0 Å². The molecule has 0 N–H and O–H groups in total. The van der Waals surface area contributed by atoms with E-state index in [4.69, 9.17) is 0 Å². The summed E-state index contributed by atoms with van der Waals surface area (Å²) in [4.78, 5) is 15.1. The van der Waals surface area contributed by atoms with E-state index >= 15 is 0 Å². The standard InChI is InChI=1S/C17H29N3O/c1-13(2)20-10-8-15(18-20)11-16(21)17(19(4)5)9-6-7-14(3)12-17/h8,10,13-14H,6-7,9,11-12H2,1-5H3. The maximum absolute atomic E-state index is 13.0. The van der Waals surface area contributed by atoms with Crippen molar-refractivity contribution >= 4 is 5.78 Å². The van der Waals surface area contributed by atoms with Crippen LogP contribution in [-0.2, 0) is 11.2 Å². The summed E-state index contributed by atoms with van der Waals surface area (Å²) in [5.74, 6) is 0.950. The zero-order valence-electron chi connectivity index (χ0n) is 14.1. The van der Waals surface area contributed by atoms with Crippen molar-refractivity contribution < 1.29 is 4.79 Å². The van der Waals surface area contributed by atoms with Gasteiger partial charge in [0, 0.05) is 12.2 Å². The first kappa shape index (κ1) is 16.2. The number of likely N-dealkylation sites (N-methyl/N-ethyl adjacent to an activating group) is 1.